The molecule has 0 aliphatic carbocycles. The first-order valence-corrected chi connectivity index (χ1v) is 11.1. The molecule has 0 radical (unpaired) electrons. The minimum absolute atomic E-state index is 0.00488. The van der Waals surface area contributed by atoms with Crippen LogP contribution < -0.4 is 16.1 Å². The van der Waals surface area contributed by atoms with Crippen molar-refractivity contribution in [2.45, 2.75) is 32.8 Å². The summed E-state index contributed by atoms with van der Waals surface area (Å²) in [5.74, 6) is -0.0148. The Kier molecular flexibility index (Phi) is 7.77. The maximum atomic E-state index is 14.4. The van der Waals surface area contributed by atoms with E-state index in [4.69, 9.17) is 14.0 Å². The fourth-order valence-electron chi connectivity index (χ4n) is 2.95. The Hall–Kier alpha value is -2.60. The zero-order chi connectivity index (χ0) is 23.3. The number of anilines is 2. The van der Waals surface area contributed by atoms with E-state index in [0.29, 0.717) is 42.4 Å². The van der Waals surface area contributed by atoms with Crippen LogP contribution in [-0.4, -0.2) is 37.4 Å². The van der Waals surface area contributed by atoms with Gasteiger partial charge >= 0.3 is 5.91 Å². The van der Waals surface area contributed by atoms with Gasteiger partial charge in [-0.2, -0.15) is 0 Å². The van der Waals surface area contributed by atoms with Crippen LogP contribution >= 0.6 is 22.6 Å². The van der Waals surface area contributed by atoms with Gasteiger partial charge in [0.2, 0.25) is 5.76 Å². The molecule has 2 heterocycles. The Morgan fingerprint density at radius 2 is 2.16 bits per heavy atom. The summed E-state index contributed by atoms with van der Waals surface area (Å²) in [5.41, 5.74) is 3.19. The summed E-state index contributed by atoms with van der Waals surface area (Å²) < 4.78 is 26.5. The standard InChI is InChI=1S/C22H26FIN4O4/c1-13(32-22(2,3)4)26-9-10-30-28-21(29)20-19(15-12-25-8-7-18(15)31-20)27-17-6-5-14(24)11-16(17)23/h5-6,11-12,26-27H,1,7-10H2,2-4H3,(H,28,29). The molecule has 0 saturated heterocycles. The van der Waals surface area contributed by atoms with Crippen LogP contribution in [-0.2, 0) is 16.0 Å². The van der Waals surface area contributed by atoms with Gasteiger partial charge in [-0.25, -0.2) is 9.87 Å². The fourth-order valence-corrected chi connectivity index (χ4v) is 3.41. The number of hydroxylamine groups is 1. The molecule has 0 atom stereocenters. The minimum atomic E-state index is -0.592. The van der Waals surface area contributed by atoms with Crippen molar-refractivity contribution < 1.29 is 23.2 Å². The molecule has 1 aliphatic heterocycles. The van der Waals surface area contributed by atoms with E-state index >= 15 is 0 Å². The van der Waals surface area contributed by atoms with Gasteiger partial charge in [-0.3, -0.25) is 14.6 Å². The second-order valence-electron chi connectivity index (χ2n) is 8.02. The summed E-state index contributed by atoms with van der Waals surface area (Å²) in [6.45, 7) is 10.6. The van der Waals surface area contributed by atoms with Crippen LogP contribution in [0, 0.1) is 9.39 Å². The van der Waals surface area contributed by atoms with Crippen LogP contribution in [0.15, 0.2) is 40.1 Å². The smallest absolute Gasteiger partial charge is 0.312 e. The fraction of sp³-hybridized carbons (Fsp3) is 0.364. The van der Waals surface area contributed by atoms with E-state index in [1.54, 1.807) is 18.3 Å². The predicted octanol–water partition coefficient (Wildman–Crippen LogP) is 4.28. The van der Waals surface area contributed by atoms with Gasteiger partial charge in [0.05, 0.1) is 17.9 Å². The summed E-state index contributed by atoms with van der Waals surface area (Å²) in [4.78, 5) is 22.2. The molecule has 3 N–H and O–H groups in total. The highest BCUT2D eigenvalue weighted by atomic mass is 127. The maximum Gasteiger partial charge on any atom is 0.312 e. The minimum Gasteiger partial charge on any atom is -0.474 e. The summed E-state index contributed by atoms with van der Waals surface area (Å²) in [6, 6.07) is 4.77. The summed E-state index contributed by atoms with van der Waals surface area (Å²) in [6.07, 6.45) is 2.17. The van der Waals surface area contributed by atoms with Gasteiger partial charge in [-0.05, 0) is 68.1 Å². The number of benzene rings is 1. The molecule has 1 amide bonds. The molecule has 10 heteroatoms. The summed E-state index contributed by atoms with van der Waals surface area (Å²) >= 11 is 2.03. The molecule has 172 valence electrons. The molecular formula is C22H26FIN4O4. The molecule has 1 aromatic heterocycles. The molecule has 1 aliphatic rings. The maximum absolute atomic E-state index is 14.4. The van der Waals surface area contributed by atoms with Crippen molar-refractivity contribution in [1.29, 1.82) is 0 Å². The molecule has 32 heavy (non-hydrogen) atoms. The van der Waals surface area contributed by atoms with Crippen molar-refractivity contribution in [1.82, 2.24) is 10.8 Å². The van der Waals surface area contributed by atoms with E-state index in [1.165, 1.54) is 6.07 Å². The Bertz CT molecular complexity index is 1030. The van der Waals surface area contributed by atoms with Gasteiger partial charge in [0.15, 0.2) is 5.88 Å². The van der Waals surface area contributed by atoms with Gasteiger partial charge in [-0.1, -0.05) is 0 Å². The highest BCUT2D eigenvalue weighted by molar-refractivity contribution is 14.1. The number of nitrogens with one attached hydrogen (secondary N) is 3. The van der Waals surface area contributed by atoms with Gasteiger partial charge < -0.3 is 19.8 Å². The number of rotatable bonds is 9. The van der Waals surface area contributed by atoms with Crippen molar-refractivity contribution in [3.63, 3.8) is 0 Å². The van der Waals surface area contributed by atoms with Crippen LogP contribution in [0.2, 0.25) is 0 Å². The Labute approximate surface area is 199 Å². The van der Waals surface area contributed by atoms with Crippen LogP contribution in [0.4, 0.5) is 15.8 Å². The number of hydrogen-bond acceptors (Lipinski definition) is 7. The Balaban J connectivity index is 1.64. The number of carbonyl (C=O) groups excluding carboxylic acids is 1. The van der Waals surface area contributed by atoms with E-state index in [-0.39, 0.29) is 23.7 Å². The van der Waals surface area contributed by atoms with E-state index in [2.05, 4.69) is 27.7 Å². The van der Waals surface area contributed by atoms with Crippen molar-refractivity contribution in [3.05, 3.63) is 57.1 Å². The topological polar surface area (TPSA) is 97.1 Å². The first kappa shape index (κ1) is 24.1. The number of fused-ring (bicyclic) bond motifs is 1. The van der Waals surface area contributed by atoms with Gasteiger partial charge in [-0.15, -0.1) is 0 Å². The Morgan fingerprint density at radius 1 is 1.38 bits per heavy atom. The zero-order valence-electron chi connectivity index (χ0n) is 18.2. The molecule has 0 saturated carbocycles. The number of hydrogen-bond donors (Lipinski definition) is 3. The molecule has 1 aromatic carbocycles. The number of aliphatic imine (C=N–C) groups is 1. The number of carbonyl (C=O) groups is 1. The highest BCUT2D eigenvalue weighted by Crippen LogP contribution is 2.33. The van der Waals surface area contributed by atoms with Crippen LogP contribution in [0.5, 0.6) is 0 Å². The van der Waals surface area contributed by atoms with Crippen LogP contribution in [0.1, 0.15) is 42.6 Å². The third kappa shape index (κ3) is 6.45. The lowest BCUT2D eigenvalue weighted by Gasteiger charge is -2.23. The normalized spacial score (nSPS) is 12.8. The van der Waals surface area contributed by atoms with Crippen molar-refractivity contribution in [2.75, 3.05) is 25.0 Å². The molecule has 8 nitrogen and oxygen atoms in total. The average molecular weight is 556 g/mol. The molecular weight excluding hydrogens is 530 g/mol. The average Bonchev–Trinajstić information content (AvgIpc) is 3.07. The van der Waals surface area contributed by atoms with E-state index < -0.39 is 11.7 Å². The molecule has 0 unspecified atom stereocenters. The van der Waals surface area contributed by atoms with E-state index in [0.717, 1.165) is 3.57 Å². The number of amides is 1. The molecule has 2 aromatic rings. The number of ether oxygens (including phenoxy) is 1. The largest absolute Gasteiger partial charge is 0.474 e. The second-order valence-corrected chi connectivity index (χ2v) is 9.27. The predicted molar refractivity (Wildman–Crippen MR) is 129 cm³/mol. The van der Waals surface area contributed by atoms with Crippen molar-refractivity contribution in [3.8, 4) is 0 Å². The van der Waals surface area contributed by atoms with E-state index in [9.17, 15) is 9.18 Å². The molecule has 0 fully saturated rings. The van der Waals surface area contributed by atoms with Crippen molar-refractivity contribution in [2.24, 2.45) is 4.99 Å². The zero-order valence-corrected chi connectivity index (χ0v) is 20.3. The number of nitrogens with zero attached hydrogens (tertiary/aromatic N) is 1. The molecule has 3 rings (SSSR count). The first-order chi connectivity index (χ1) is 15.1. The lowest BCUT2D eigenvalue weighted by molar-refractivity contribution is 0.0218. The molecule has 0 spiro atoms. The van der Waals surface area contributed by atoms with Gasteiger partial charge in [0.1, 0.15) is 22.9 Å². The van der Waals surface area contributed by atoms with Gasteiger partial charge in [0, 0.05) is 29.3 Å². The summed E-state index contributed by atoms with van der Waals surface area (Å²) in [5, 5.41) is 5.93. The third-order valence-electron chi connectivity index (χ3n) is 4.23. The quantitative estimate of drug-likeness (QED) is 0.185. The van der Waals surface area contributed by atoms with Crippen molar-refractivity contribution >= 4 is 46.1 Å². The number of furan rings is 1. The van der Waals surface area contributed by atoms with Crippen LogP contribution in [0.3, 0.4) is 0 Å². The number of halogens is 2. The van der Waals surface area contributed by atoms with Gasteiger partial charge in [0.25, 0.3) is 0 Å². The summed E-state index contributed by atoms with van der Waals surface area (Å²) in [7, 11) is 0. The third-order valence-corrected chi connectivity index (χ3v) is 4.90. The lowest BCUT2D eigenvalue weighted by Crippen LogP contribution is -2.30. The first-order valence-electron chi connectivity index (χ1n) is 10.1. The van der Waals surface area contributed by atoms with Crippen LogP contribution in [0.25, 0.3) is 0 Å². The monoisotopic (exact) mass is 556 g/mol. The molecule has 0 bridgehead atoms. The van der Waals surface area contributed by atoms with E-state index in [1.807, 2.05) is 43.4 Å². The lowest BCUT2D eigenvalue weighted by atomic mass is 10.1. The SMILES string of the molecule is C=C(NCCONC(=O)c1oc2c(c1Nc1ccc(I)cc1F)C=NCC2)OC(C)(C)C. The second kappa shape index (κ2) is 10.3. The highest BCUT2D eigenvalue weighted by Gasteiger charge is 2.26. The Morgan fingerprint density at radius 3 is 2.88 bits per heavy atom.